The summed E-state index contributed by atoms with van der Waals surface area (Å²) >= 11 is 0. The van der Waals surface area contributed by atoms with Gasteiger partial charge in [-0.05, 0) is 33.2 Å². The first kappa shape index (κ1) is 15.2. The summed E-state index contributed by atoms with van der Waals surface area (Å²) in [7, 11) is 1.73. The number of aryl methyl sites for hydroxylation is 2. The minimum absolute atomic E-state index is 0.388. The minimum atomic E-state index is 0.388. The molecule has 0 bridgehead atoms. The molecule has 0 amide bonds. The highest BCUT2D eigenvalue weighted by Crippen LogP contribution is 2.36. The van der Waals surface area contributed by atoms with Gasteiger partial charge < -0.3 is 13.8 Å². The van der Waals surface area contributed by atoms with E-state index in [-0.39, 0.29) is 0 Å². The number of imidazole rings is 1. The molecule has 3 heterocycles. The highest BCUT2D eigenvalue weighted by atomic mass is 16.5. The van der Waals surface area contributed by atoms with E-state index in [9.17, 15) is 0 Å². The molecule has 6 nitrogen and oxygen atoms in total. The SMILES string of the molecule is COCCn1ccnc1CN1CCC[C@@H]1c1c(C)noc1C. The summed E-state index contributed by atoms with van der Waals surface area (Å²) in [5, 5.41) is 4.11. The van der Waals surface area contributed by atoms with Gasteiger partial charge >= 0.3 is 0 Å². The Hall–Kier alpha value is -1.66. The van der Waals surface area contributed by atoms with E-state index in [1.54, 1.807) is 7.11 Å². The van der Waals surface area contributed by atoms with Crippen molar-refractivity contribution in [3.05, 3.63) is 35.2 Å². The number of likely N-dealkylation sites (tertiary alicyclic amines) is 1. The van der Waals surface area contributed by atoms with Crippen molar-refractivity contribution in [2.75, 3.05) is 20.3 Å². The van der Waals surface area contributed by atoms with Crippen molar-refractivity contribution in [1.82, 2.24) is 19.6 Å². The van der Waals surface area contributed by atoms with Crippen LogP contribution in [0.4, 0.5) is 0 Å². The third kappa shape index (κ3) is 2.94. The van der Waals surface area contributed by atoms with Gasteiger partial charge in [-0.3, -0.25) is 4.90 Å². The summed E-state index contributed by atoms with van der Waals surface area (Å²) in [4.78, 5) is 7.00. The molecule has 0 saturated carbocycles. The van der Waals surface area contributed by atoms with E-state index in [2.05, 4.69) is 19.6 Å². The molecule has 0 aliphatic carbocycles. The lowest BCUT2D eigenvalue weighted by Gasteiger charge is -2.24. The van der Waals surface area contributed by atoms with Crippen molar-refractivity contribution in [2.24, 2.45) is 0 Å². The first-order valence-electron chi connectivity index (χ1n) is 7.86. The zero-order chi connectivity index (χ0) is 15.5. The molecule has 2 aromatic rings. The third-order valence-electron chi connectivity index (χ3n) is 4.47. The van der Waals surface area contributed by atoms with Crippen LogP contribution in [0.5, 0.6) is 0 Å². The van der Waals surface area contributed by atoms with Crippen LogP contribution in [0.25, 0.3) is 0 Å². The summed E-state index contributed by atoms with van der Waals surface area (Å²) in [6.07, 6.45) is 6.25. The van der Waals surface area contributed by atoms with E-state index in [0.717, 1.165) is 43.3 Å². The molecule has 0 aromatic carbocycles. The van der Waals surface area contributed by atoms with Crippen molar-refractivity contribution in [1.29, 1.82) is 0 Å². The molecule has 1 saturated heterocycles. The van der Waals surface area contributed by atoms with E-state index < -0.39 is 0 Å². The van der Waals surface area contributed by atoms with Crippen LogP contribution in [-0.4, -0.2) is 39.9 Å². The van der Waals surface area contributed by atoms with Gasteiger partial charge in [0.2, 0.25) is 0 Å². The normalized spacial score (nSPS) is 19.1. The Morgan fingerprint density at radius 2 is 2.27 bits per heavy atom. The lowest BCUT2D eigenvalue weighted by Crippen LogP contribution is -2.25. The molecule has 1 fully saturated rings. The Kier molecular flexibility index (Phi) is 4.59. The zero-order valence-corrected chi connectivity index (χ0v) is 13.6. The maximum absolute atomic E-state index is 5.35. The van der Waals surface area contributed by atoms with Gasteiger partial charge in [0.25, 0.3) is 0 Å². The predicted molar refractivity (Wildman–Crippen MR) is 82.5 cm³/mol. The Labute approximate surface area is 131 Å². The van der Waals surface area contributed by atoms with Crippen LogP contribution in [0.2, 0.25) is 0 Å². The first-order chi connectivity index (χ1) is 10.7. The second-order valence-electron chi connectivity index (χ2n) is 5.90. The number of rotatable bonds is 6. The standard InChI is InChI=1S/C16H24N4O2/c1-12-16(13(2)22-18-12)14-5-4-7-20(14)11-15-17-6-8-19(15)9-10-21-3/h6,8,14H,4-5,7,9-11H2,1-3H3/t14-/m1/s1. The van der Waals surface area contributed by atoms with Crippen molar-refractivity contribution < 1.29 is 9.26 Å². The fraction of sp³-hybridized carbons (Fsp3) is 0.625. The summed E-state index contributed by atoms with van der Waals surface area (Å²) in [5.41, 5.74) is 2.27. The Morgan fingerprint density at radius 1 is 1.41 bits per heavy atom. The fourth-order valence-corrected chi connectivity index (χ4v) is 3.37. The lowest BCUT2D eigenvalue weighted by atomic mass is 10.0. The van der Waals surface area contributed by atoms with Gasteiger partial charge in [0.05, 0.1) is 18.8 Å². The molecule has 1 aliphatic heterocycles. The molecule has 2 aromatic heterocycles. The molecule has 6 heteroatoms. The summed E-state index contributed by atoms with van der Waals surface area (Å²) < 4.78 is 12.7. The molecule has 0 spiro atoms. The second-order valence-corrected chi connectivity index (χ2v) is 5.90. The van der Waals surface area contributed by atoms with Crippen molar-refractivity contribution in [2.45, 2.75) is 45.8 Å². The minimum Gasteiger partial charge on any atom is -0.383 e. The first-order valence-corrected chi connectivity index (χ1v) is 7.86. The van der Waals surface area contributed by atoms with Crippen LogP contribution in [0, 0.1) is 13.8 Å². The Bertz CT molecular complexity index is 600. The number of methoxy groups -OCH3 is 1. The number of hydrogen-bond donors (Lipinski definition) is 0. The number of hydrogen-bond acceptors (Lipinski definition) is 5. The lowest BCUT2D eigenvalue weighted by molar-refractivity contribution is 0.182. The average Bonchev–Trinajstić information content (AvgIpc) is 3.20. The van der Waals surface area contributed by atoms with Crippen LogP contribution >= 0.6 is 0 Å². The van der Waals surface area contributed by atoms with Crippen molar-refractivity contribution in [3.8, 4) is 0 Å². The van der Waals surface area contributed by atoms with Crippen LogP contribution in [-0.2, 0) is 17.8 Å². The Balaban J connectivity index is 1.76. The molecule has 120 valence electrons. The molecule has 22 heavy (non-hydrogen) atoms. The molecular weight excluding hydrogens is 280 g/mol. The maximum atomic E-state index is 5.35. The van der Waals surface area contributed by atoms with Gasteiger partial charge in [-0.25, -0.2) is 4.98 Å². The Morgan fingerprint density at radius 3 is 3.00 bits per heavy atom. The van der Waals surface area contributed by atoms with E-state index in [4.69, 9.17) is 9.26 Å². The topological polar surface area (TPSA) is 56.3 Å². The summed E-state index contributed by atoms with van der Waals surface area (Å²) in [6.45, 7) is 7.52. The van der Waals surface area contributed by atoms with E-state index in [1.807, 2.05) is 26.2 Å². The van der Waals surface area contributed by atoms with Gasteiger partial charge in [-0.1, -0.05) is 5.16 Å². The molecule has 1 aliphatic rings. The highest BCUT2D eigenvalue weighted by Gasteiger charge is 2.31. The van der Waals surface area contributed by atoms with Crippen LogP contribution < -0.4 is 0 Å². The van der Waals surface area contributed by atoms with Gasteiger partial charge in [0.15, 0.2) is 0 Å². The molecule has 0 unspecified atom stereocenters. The van der Waals surface area contributed by atoms with Gasteiger partial charge in [-0.15, -0.1) is 0 Å². The van der Waals surface area contributed by atoms with Crippen LogP contribution in [0.15, 0.2) is 16.9 Å². The van der Waals surface area contributed by atoms with Gasteiger partial charge in [0.1, 0.15) is 11.6 Å². The monoisotopic (exact) mass is 304 g/mol. The van der Waals surface area contributed by atoms with Gasteiger partial charge in [0, 0.05) is 37.7 Å². The van der Waals surface area contributed by atoms with Crippen molar-refractivity contribution in [3.63, 3.8) is 0 Å². The number of nitrogens with zero attached hydrogens (tertiary/aromatic N) is 4. The second kappa shape index (κ2) is 6.62. The summed E-state index contributed by atoms with van der Waals surface area (Å²) in [6, 6.07) is 0.388. The quantitative estimate of drug-likeness (QED) is 0.820. The van der Waals surface area contributed by atoms with Crippen molar-refractivity contribution >= 4 is 0 Å². The van der Waals surface area contributed by atoms with E-state index in [0.29, 0.717) is 12.6 Å². The number of ether oxygens (including phenoxy) is 1. The zero-order valence-electron chi connectivity index (χ0n) is 13.6. The van der Waals surface area contributed by atoms with E-state index in [1.165, 1.54) is 12.0 Å². The largest absolute Gasteiger partial charge is 0.383 e. The molecule has 1 atom stereocenters. The molecular formula is C16H24N4O2. The van der Waals surface area contributed by atoms with Crippen LogP contribution in [0.3, 0.4) is 0 Å². The average molecular weight is 304 g/mol. The highest BCUT2D eigenvalue weighted by molar-refractivity contribution is 5.26. The predicted octanol–water partition coefficient (Wildman–Crippen LogP) is 2.47. The van der Waals surface area contributed by atoms with E-state index >= 15 is 0 Å². The molecule has 0 N–H and O–H groups in total. The summed E-state index contributed by atoms with van der Waals surface area (Å²) in [5.74, 6) is 2.04. The molecule has 3 rings (SSSR count). The number of aromatic nitrogens is 3. The fourth-order valence-electron chi connectivity index (χ4n) is 3.37. The molecule has 0 radical (unpaired) electrons. The van der Waals surface area contributed by atoms with Crippen LogP contribution in [0.1, 0.15) is 41.7 Å². The maximum Gasteiger partial charge on any atom is 0.138 e. The third-order valence-corrected chi connectivity index (χ3v) is 4.47. The van der Waals surface area contributed by atoms with Gasteiger partial charge in [-0.2, -0.15) is 0 Å². The smallest absolute Gasteiger partial charge is 0.138 e.